The molecule has 4 N–H and O–H groups in total. The fraction of sp³-hybridized carbons (Fsp3) is 0.138. The molecule has 0 fully saturated rings. The van der Waals surface area contributed by atoms with Crippen molar-refractivity contribution in [1.29, 1.82) is 0 Å². The summed E-state index contributed by atoms with van der Waals surface area (Å²) in [5, 5.41) is 25.8. The van der Waals surface area contributed by atoms with E-state index in [9.17, 15) is 24.3 Å². The highest BCUT2D eigenvalue weighted by atomic mass is 32.2. The van der Waals surface area contributed by atoms with Crippen LogP contribution in [0.4, 0.5) is 10.8 Å². The molecule has 1 unspecified atom stereocenters. The molecule has 216 valence electrons. The van der Waals surface area contributed by atoms with Crippen molar-refractivity contribution in [3.05, 3.63) is 82.7 Å². The second kappa shape index (κ2) is 13.2. The van der Waals surface area contributed by atoms with Gasteiger partial charge in [-0.05, 0) is 67.6 Å². The van der Waals surface area contributed by atoms with Crippen LogP contribution in [0.5, 0.6) is 11.5 Å². The zero-order chi connectivity index (χ0) is 30.4. The lowest BCUT2D eigenvalue weighted by molar-refractivity contribution is -0.115. The molecule has 3 aromatic carbocycles. The van der Waals surface area contributed by atoms with E-state index in [0.717, 1.165) is 22.6 Å². The van der Waals surface area contributed by atoms with Gasteiger partial charge in [-0.15, -0.1) is 23.1 Å². The molecule has 0 spiro atoms. The number of aromatic nitrogens is 1. The first-order valence-corrected chi connectivity index (χ1v) is 14.0. The highest BCUT2D eigenvalue weighted by Gasteiger charge is 2.20. The lowest BCUT2D eigenvalue weighted by atomic mass is 10.0. The van der Waals surface area contributed by atoms with Crippen LogP contribution in [0.25, 0.3) is 11.3 Å². The first kappa shape index (κ1) is 30.1. The van der Waals surface area contributed by atoms with E-state index in [0.29, 0.717) is 28.0 Å². The van der Waals surface area contributed by atoms with Gasteiger partial charge in [-0.1, -0.05) is 0 Å². The van der Waals surface area contributed by atoms with Crippen LogP contribution in [0.2, 0.25) is 0 Å². The third kappa shape index (κ3) is 7.06. The van der Waals surface area contributed by atoms with Gasteiger partial charge in [0.25, 0.3) is 5.91 Å². The Kier molecular flexibility index (Phi) is 9.45. The van der Waals surface area contributed by atoms with Gasteiger partial charge in [0.05, 0.1) is 41.9 Å². The van der Waals surface area contributed by atoms with Gasteiger partial charge in [0, 0.05) is 21.5 Å². The summed E-state index contributed by atoms with van der Waals surface area (Å²) < 4.78 is 10.6. The van der Waals surface area contributed by atoms with Crippen LogP contribution < -0.4 is 20.1 Å². The van der Waals surface area contributed by atoms with Crippen molar-refractivity contribution in [2.45, 2.75) is 17.1 Å². The van der Waals surface area contributed by atoms with E-state index >= 15 is 0 Å². The number of carbonyl (C=O) groups is 4. The van der Waals surface area contributed by atoms with E-state index in [1.807, 2.05) is 17.5 Å². The van der Waals surface area contributed by atoms with Gasteiger partial charge in [-0.3, -0.25) is 9.59 Å². The number of nitrogens with zero attached hydrogens (tertiary/aromatic N) is 1. The molecule has 0 saturated carbocycles. The zero-order valence-corrected chi connectivity index (χ0v) is 24.2. The number of nitrogens with one attached hydrogen (secondary N) is 2. The standard InChI is InChI=1S/C29H25N3O8S2/c1-15(25(33)32-29-31-22(14-41-29)16-5-11-23(39-2)24(13-16)40-3)42-19-8-6-18(7-9-19)30-26(34)20-10-4-17(27(35)36)12-21(20)28(37)38/h4-15H,1-3H3,(H,30,34)(H,35,36)(H,37,38)(H,31,32,33). The fourth-order valence-corrected chi connectivity index (χ4v) is 5.38. The number of hydrogen-bond acceptors (Lipinski definition) is 9. The summed E-state index contributed by atoms with van der Waals surface area (Å²) >= 11 is 2.61. The highest BCUT2D eigenvalue weighted by molar-refractivity contribution is 8.00. The van der Waals surface area contributed by atoms with Gasteiger partial charge < -0.3 is 30.3 Å². The molecule has 11 nitrogen and oxygen atoms in total. The van der Waals surface area contributed by atoms with Crippen molar-refractivity contribution in [2.75, 3.05) is 24.9 Å². The molecule has 0 aliphatic rings. The van der Waals surface area contributed by atoms with E-state index in [4.69, 9.17) is 14.6 Å². The van der Waals surface area contributed by atoms with Gasteiger partial charge in [0.1, 0.15) is 0 Å². The van der Waals surface area contributed by atoms with Crippen LogP contribution in [-0.2, 0) is 4.79 Å². The molecular formula is C29H25N3O8S2. The molecular weight excluding hydrogens is 582 g/mol. The van der Waals surface area contributed by atoms with E-state index in [2.05, 4.69) is 15.6 Å². The Balaban J connectivity index is 1.36. The van der Waals surface area contributed by atoms with Crippen molar-refractivity contribution >= 4 is 57.7 Å². The minimum Gasteiger partial charge on any atom is -0.493 e. The monoisotopic (exact) mass is 607 g/mol. The van der Waals surface area contributed by atoms with Gasteiger partial charge >= 0.3 is 11.9 Å². The van der Waals surface area contributed by atoms with Gasteiger partial charge in [-0.2, -0.15) is 0 Å². The topological polar surface area (TPSA) is 164 Å². The number of carbonyl (C=O) groups excluding carboxylic acids is 2. The average molecular weight is 608 g/mol. The van der Waals surface area contributed by atoms with E-state index in [1.165, 1.54) is 29.2 Å². The third-order valence-electron chi connectivity index (χ3n) is 5.95. The molecule has 4 aromatic rings. The lowest BCUT2D eigenvalue weighted by Crippen LogP contribution is -2.22. The minimum atomic E-state index is -1.42. The number of benzene rings is 3. The Hall–Kier alpha value is -4.88. The van der Waals surface area contributed by atoms with Crippen molar-refractivity contribution in [2.24, 2.45) is 0 Å². The largest absolute Gasteiger partial charge is 0.493 e. The molecule has 4 rings (SSSR count). The van der Waals surface area contributed by atoms with E-state index < -0.39 is 28.7 Å². The Morgan fingerprint density at radius 2 is 1.57 bits per heavy atom. The van der Waals surface area contributed by atoms with E-state index in [-0.39, 0.29) is 17.0 Å². The van der Waals surface area contributed by atoms with Gasteiger partial charge in [0.15, 0.2) is 16.6 Å². The summed E-state index contributed by atoms with van der Waals surface area (Å²) in [4.78, 5) is 53.5. The van der Waals surface area contributed by atoms with Crippen molar-refractivity contribution in [3.8, 4) is 22.8 Å². The number of hydrogen-bond donors (Lipinski definition) is 4. The summed E-state index contributed by atoms with van der Waals surface area (Å²) in [6.07, 6.45) is 0. The summed E-state index contributed by atoms with van der Waals surface area (Å²) in [6.45, 7) is 1.76. The van der Waals surface area contributed by atoms with Crippen LogP contribution in [0.1, 0.15) is 38.0 Å². The number of carboxylic acid groups (broad SMARTS) is 2. The fourth-order valence-electron chi connectivity index (χ4n) is 3.79. The molecule has 42 heavy (non-hydrogen) atoms. The molecule has 13 heteroatoms. The molecule has 2 amide bonds. The molecule has 1 heterocycles. The predicted molar refractivity (Wildman–Crippen MR) is 159 cm³/mol. The molecule has 0 aliphatic carbocycles. The quantitative estimate of drug-likeness (QED) is 0.158. The second-order valence-corrected chi connectivity index (χ2v) is 11.0. The predicted octanol–water partition coefficient (Wildman–Crippen LogP) is 5.60. The highest BCUT2D eigenvalue weighted by Crippen LogP contribution is 2.34. The lowest BCUT2D eigenvalue weighted by Gasteiger charge is -2.12. The van der Waals surface area contributed by atoms with Gasteiger partial charge in [0.2, 0.25) is 5.91 Å². The smallest absolute Gasteiger partial charge is 0.336 e. The number of ether oxygens (including phenoxy) is 2. The first-order valence-electron chi connectivity index (χ1n) is 12.3. The van der Waals surface area contributed by atoms with Crippen molar-refractivity contribution < 1.29 is 38.9 Å². The maximum absolute atomic E-state index is 12.8. The summed E-state index contributed by atoms with van der Waals surface area (Å²) in [6, 6.07) is 15.4. The number of thioether (sulfide) groups is 1. The van der Waals surface area contributed by atoms with Crippen LogP contribution in [0.3, 0.4) is 0 Å². The van der Waals surface area contributed by atoms with Crippen LogP contribution in [0.15, 0.2) is 70.9 Å². The van der Waals surface area contributed by atoms with Crippen LogP contribution in [0, 0.1) is 0 Å². The Bertz CT molecular complexity index is 1650. The molecule has 0 aliphatic heterocycles. The van der Waals surface area contributed by atoms with Crippen LogP contribution >= 0.6 is 23.1 Å². The van der Waals surface area contributed by atoms with E-state index in [1.54, 1.807) is 51.5 Å². The molecule has 1 aromatic heterocycles. The van der Waals surface area contributed by atoms with Crippen molar-refractivity contribution in [1.82, 2.24) is 4.98 Å². The second-order valence-electron chi connectivity index (χ2n) is 8.71. The number of carboxylic acids is 2. The molecule has 0 saturated heterocycles. The maximum Gasteiger partial charge on any atom is 0.336 e. The van der Waals surface area contributed by atoms with Crippen LogP contribution in [-0.4, -0.2) is 58.4 Å². The zero-order valence-electron chi connectivity index (χ0n) is 22.5. The number of rotatable bonds is 11. The Morgan fingerprint density at radius 1 is 0.857 bits per heavy atom. The van der Waals surface area contributed by atoms with Gasteiger partial charge in [-0.25, -0.2) is 14.6 Å². The number of methoxy groups -OCH3 is 2. The summed E-state index contributed by atoms with van der Waals surface area (Å²) in [5.41, 5.74) is 1.06. The Labute approximate surface area is 248 Å². The number of anilines is 2. The molecule has 0 radical (unpaired) electrons. The number of aromatic carboxylic acids is 2. The van der Waals surface area contributed by atoms with Crippen molar-refractivity contribution in [3.63, 3.8) is 0 Å². The normalized spacial score (nSPS) is 11.3. The minimum absolute atomic E-state index is 0.173. The molecule has 1 atom stereocenters. The maximum atomic E-state index is 12.8. The first-order chi connectivity index (χ1) is 20.1. The SMILES string of the molecule is COc1ccc(-c2csc(NC(=O)C(C)Sc3ccc(NC(=O)c4ccc(C(=O)O)cc4C(=O)O)cc3)n2)cc1OC. The summed E-state index contributed by atoms with van der Waals surface area (Å²) in [5.74, 6) is -2.48. The average Bonchev–Trinajstić information content (AvgIpc) is 3.45. The summed E-state index contributed by atoms with van der Waals surface area (Å²) in [7, 11) is 3.11. The molecule has 0 bridgehead atoms. The number of amides is 2. The number of thiazole rings is 1. The Morgan fingerprint density at radius 3 is 2.21 bits per heavy atom. The third-order valence-corrected chi connectivity index (χ3v) is 7.82.